The van der Waals surface area contributed by atoms with Crippen LogP contribution in [0.4, 0.5) is 0 Å². The van der Waals surface area contributed by atoms with E-state index in [4.69, 9.17) is 16.3 Å². The minimum Gasteiger partial charge on any atom is -0.477 e. The van der Waals surface area contributed by atoms with Gasteiger partial charge in [0.05, 0.1) is 13.1 Å². The third kappa shape index (κ3) is 5.62. The number of halogens is 1. The first kappa shape index (κ1) is 24.5. The van der Waals surface area contributed by atoms with E-state index >= 15 is 0 Å². The zero-order valence-electron chi connectivity index (χ0n) is 20.3. The Balaban J connectivity index is 1.37. The number of H-pyrrole nitrogens is 1. The number of benzene rings is 3. The summed E-state index contributed by atoms with van der Waals surface area (Å²) in [5, 5.41) is 19.5. The standard InChI is InChI=1S/C27H26ClN7O2/c1-2-8-24-31-35(18-19-9-4-3-5-10-19)27(36)34(24)17-20-13-15-21(16-14-20)37-25(26-29-32-33-30-26)22-11-6-7-12-23(22)28/h3-7,9-16,25H,2,8,17-18H2,1H3,(H,29,30,32,33). The molecule has 37 heavy (non-hydrogen) atoms. The van der Waals surface area contributed by atoms with Crippen molar-refractivity contribution in [2.75, 3.05) is 0 Å². The third-order valence-corrected chi connectivity index (χ3v) is 6.29. The summed E-state index contributed by atoms with van der Waals surface area (Å²) in [5.41, 5.74) is 2.60. The van der Waals surface area contributed by atoms with Crippen molar-refractivity contribution < 1.29 is 4.74 Å². The van der Waals surface area contributed by atoms with Gasteiger partial charge >= 0.3 is 5.69 Å². The van der Waals surface area contributed by atoms with Crippen molar-refractivity contribution in [1.82, 2.24) is 35.0 Å². The molecule has 10 heteroatoms. The molecule has 1 N–H and O–H groups in total. The maximum atomic E-state index is 13.2. The van der Waals surface area contributed by atoms with E-state index in [-0.39, 0.29) is 5.69 Å². The molecule has 2 heterocycles. The first-order valence-corrected chi connectivity index (χ1v) is 12.4. The number of hydrogen-bond donors (Lipinski definition) is 1. The molecule has 2 aromatic heterocycles. The molecule has 0 bridgehead atoms. The van der Waals surface area contributed by atoms with Crippen molar-refractivity contribution in [1.29, 1.82) is 0 Å². The lowest BCUT2D eigenvalue weighted by Gasteiger charge is -2.18. The normalized spacial score (nSPS) is 11.9. The summed E-state index contributed by atoms with van der Waals surface area (Å²) in [6, 6.07) is 24.9. The number of aromatic amines is 1. The fraction of sp³-hybridized carbons (Fsp3) is 0.222. The average Bonchev–Trinajstić information content (AvgIpc) is 3.55. The highest BCUT2D eigenvalue weighted by atomic mass is 35.5. The van der Waals surface area contributed by atoms with Gasteiger partial charge in [-0.1, -0.05) is 84.4 Å². The van der Waals surface area contributed by atoms with Gasteiger partial charge in [-0.3, -0.25) is 4.57 Å². The molecule has 3 aromatic carbocycles. The number of tetrazole rings is 1. The summed E-state index contributed by atoms with van der Waals surface area (Å²) >= 11 is 6.42. The molecule has 5 aromatic rings. The number of rotatable bonds is 10. The fourth-order valence-corrected chi connectivity index (χ4v) is 4.36. The largest absolute Gasteiger partial charge is 0.477 e. The zero-order valence-corrected chi connectivity index (χ0v) is 21.0. The van der Waals surface area contributed by atoms with Crippen LogP contribution in [0.15, 0.2) is 83.7 Å². The van der Waals surface area contributed by atoms with Gasteiger partial charge < -0.3 is 4.74 Å². The lowest BCUT2D eigenvalue weighted by atomic mass is 10.1. The minimum atomic E-state index is -0.631. The van der Waals surface area contributed by atoms with Gasteiger partial charge in [-0.05, 0) is 35.7 Å². The monoisotopic (exact) mass is 515 g/mol. The third-order valence-electron chi connectivity index (χ3n) is 5.95. The summed E-state index contributed by atoms with van der Waals surface area (Å²) in [5.74, 6) is 1.76. The van der Waals surface area contributed by atoms with Crippen LogP contribution < -0.4 is 10.4 Å². The van der Waals surface area contributed by atoms with E-state index in [1.165, 1.54) is 4.68 Å². The van der Waals surface area contributed by atoms with Crippen molar-refractivity contribution in [3.05, 3.63) is 123 Å². The van der Waals surface area contributed by atoms with E-state index in [1.54, 1.807) is 10.6 Å². The van der Waals surface area contributed by atoms with Gasteiger partial charge in [0.2, 0.25) is 5.82 Å². The van der Waals surface area contributed by atoms with Crippen LogP contribution in [0, 0.1) is 0 Å². The van der Waals surface area contributed by atoms with Crippen LogP contribution in [-0.4, -0.2) is 35.0 Å². The Labute approximate surface area is 218 Å². The van der Waals surface area contributed by atoms with E-state index < -0.39 is 6.10 Å². The Morgan fingerprint density at radius 1 is 0.946 bits per heavy atom. The Hall–Kier alpha value is -4.24. The Morgan fingerprint density at radius 2 is 1.68 bits per heavy atom. The second kappa shape index (κ2) is 11.2. The van der Waals surface area contributed by atoms with Gasteiger partial charge in [-0.15, -0.1) is 10.2 Å². The molecule has 5 rings (SSSR count). The molecule has 1 unspecified atom stereocenters. The predicted octanol–water partition coefficient (Wildman–Crippen LogP) is 4.43. The SMILES string of the molecule is CCCc1nn(Cc2ccccc2)c(=O)n1Cc1ccc(OC(c2nn[nH]n2)c2ccccc2Cl)cc1. The smallest absolute Gasteiger partial charge is 0.346 e. The van der Waals surface area contributed by atoms with E-state index in [0.29, 0.717) is 29.7 Å². The topological polar surface area (TPSA) is 104 Å². The summed E-state index contributed by atoms with van der Waals surface area (Å²) in [6.07, 6.45) is 0.990. The van der Waals surface area contributed by atoms with Gasteiger partial charge in [0, 0.05) is 17.0 Å². The van der Waals surface area contributed by atoms with E-state index in [1.807, 2.05) is 72.8 Å². The van der Waals surface area contributed by atoms with Crippen LogP contribution in [-0.2, 0) is 19.5 Å². The maximum absolute atomic E-state index is 13.2. The molecular weight excluding hydrogens is 490 g/mol. The predicted molar refractivity (Wildman–Crippen MR) is 140 cm³/mol. The zero-order chi connectivity index (χ0) is 25.6. The summed E-state index contributed by atoms with van der Waals surface area (Å²) in [7, 11) is 0. The Kier molecular flexibility index (Phi) is 7.41. The first-order valence-electron chi connectivity index (χ1n) is 12.1. The second-order valence-corrected chi connectivity index (χ2v) is 9.02. The lowest BCUT2D eigenvalue weighted by Crippen LogP contribution is -2.26. The van der Waals surface area contributed by atoms with E-state index in [9.17, 15) is 4.79 Å². The van der Waals surface area contributed by atoms with Crippen molar-refractivity contribution in [2.24, 2.45) is 0 Å². The van der Waals surface area contributed by atoms with E-state index in [0.717, 1.165) is 35.4 Å². The molecule has 0 saturated carbocycles. The molecule has 0 aliphatic rings. The van der Waals surface area contributed by atoms with Gasteiger partial charge in [0.1, 0.15) is 11.6 Å². The van der Waals surface area contributed by atoms with Crippen LogP contribution in [0.25, 0.3) is 0 Å². The Bertz CT molecular complexity index is 1500. The summed E-state index contributed by atoms with van der Waals surface area (Å²) in [6.45, 7) is 2.94. The van der Waals surface area contributed by atoms with Crippen molar-refractivity contribution in [3.8, 4) is 5.75 Å². The highest BCUT2D eigenvalue weighted by Gasteiger charge is 2.23. The number of aromatic nitrogens is 7. The van der Waals surface area contributed by atoms with Gasteiger partial charge in [0.25, 0.3) is 0 Å². The number of aryl methyl sites for hydroxylation is 1. The Morgan fingerprint density at radius 3 is 2.38 bits per heavy atom. The molecule has 0 spiro atoms. The molecule has 188 valence electrons. The molecule has 0 fully saturated rings. The molecule has 0 radical (unpaired) electrons. The van der Waals surface area contributed by atoms with Crippen LogP contribution in [0.5, 0.6) is 5.75 Å². The van der Waals surface area contributed by atoms with Gasteiger partial charge in [0.15, 0.2) is 6.10 Å². The molecule has 0 amide bonds. The van der Waals surface area contributed by atoms with Crippen LogP contribution in [0.1, 0.15) is 47.8 Å². The van der Waals surface area contributed by atoms with Gasteiger partial charge in [-0.2, -0.15) is 10.3 Å². The second-order valence-electron chi connectivity index (χ2n) is 8.61. The van der Waals surface area contributed by atoms with Crippen molar-refractivity contribution in [3.63, 3.8) is 0 Å². The molecule has 0 aliphatic carbocycles. The van der Waals surface area contributed by atoms with Gasteiger partial charge in [-0.25, -0.2) is 9.48 Å². The number of hydrogen-bond acceptors (Lipinski definition) is 6. The average molecular weight is 516 g/mol. The summed E-state index contributed by atoms with van der Waals surface area (Å²) in [4.78, 5) is 13.2. The highest BCUT2D eigenvalue weighted by molar-refractivity contribution is 6.31. The quantitative estimate of drug-likeness (QED) is 0.295. The summed E-state index contributed by atoms with van der Waals surface area (Å²) < 4.78 is 9.52. The molecule has 0 aliphatic heterocycles. The number of nitrogens with one attached hydrogen (secondary N) is 1. The van der Waals surface area contributed by atoms with Crippen LogP contribution >= 0.6 is 11.6 Å². The fourth-order valence-electron chi connectivity index (χ4n) is 4.13. The number of nitrogens with zero attached hydrogens (tertiary/aromatic N) is 6. The maximum Gasteiger partial charge on any atom is 0.346 e. The number of ether oxygens (including phenoxy) is 1. The first-order chi connectivity index (χ1) is 18.1. The van der Waals surface area contributed by atoms with Crippen LogP contribution in [0.3, 0.4) is 0 Å². The molecule has 0 saturated heterocycles. The minimum absolute atomic E-state index is 0.122. The highest BCUT2D eigenvalue weighted by Crippen LogP contribution is 2.31. The lowest BCUT2D eigenvalue weighted by molar-refractivity contribution is 0.237. The van der Waals surface area contributed by atoms with Crippen LogP contribution in [0.2, 0.25) is 5.02 Å². The molecule has 9 nitrogen and oxygen atoms in total. The molecule has 1 atom stereocenters. The van der Waals surface area contributed by atoms with Crippen molar-refractivity contribution >= 4 is 11.6 Å². The van der Waals surface area contributed by atoms with Crippen molar-refractivity contribution in [2.45, 2.75) is 39.0 Å². The molecular formula is C27H26ClN7O2. The van der Waals surface area contributed by atoms with E-state index in [2.05, 4.69) is 32.6 Å².